The van der Waals surface area contributed by atoms with Gasteiger partial charge in [-0.25, -0.2) is 9.97 Å². The lowest BCUT2D eigenvalue weighted by Gasteiger charge is -2.18. The number of imidazole rings is 1. The van der Waals surface area contributed by atoms with Crippen molar-refractivity contribution in [3.05, 3.63) is 36.5 Å². The molecule has 2 aromatic heterocycles. The monoisotopic (exact) mass is 270 g/mol. The third kappa shape index (κ3) is 2.69. The fraction of sp³-hybridized carbons (Fsp3) is 0.500. The van der Waals surface area contributed by atoms with Gasteiger partial charge in [-0.1, -0.05) is 13.8 Å². The third-order valence-electron chi connectivity index (χ3n) is 4.16. The molecule has 0 aromatic carbocycles. The molecule has 106 valence electrons. The summed E-state index contributed by atoms with van der Waals surface area (Å²) in [4.78, 5) is 8.74. The summed E-state index contributed by atoms with van der Waals surface area (Å²) in [6.45, 7) is 6.67. The summed E-state index contributed by atoms with van der Waals surface area (Å²) in [6, 6.07) is 4.72. The van der Waals surface area contributed by atoms with E-state index in [1.54, 1.807) is 6.20 Å². The van der Waals surface area contributed by atoms with Crippen LogP contribution >= 0.6 is 0 Å². The van der Waals surface area contributed by atoms with E-state index in [2.05, 4.69) is 35.2 Å². The van der Waals surface area contributed by atoms with Crippen molar-refractivity contribution in [2.75, 3.05) is 5.32 Å². The van der Waals surface area contributed by atoms with Crippen molar-refractivity contribution < 1.29 is 0 Å². The van der Waals surface area contributed by atoms with Crippen LogP contribution in [0.15, 0.2) is 30.7 Å². The number of anilines is 1. The van der Waals surface area contributed by atoms with E-state index in [0.29, 0.717) is 11.5 Å². The van der Waals surface area contributed by atoms with Gasteiger partial charge in [0, 0.05) is 18.4 Å². The topological polar surface area (TPSA) is 42.7 Å². The van der Waals surface area contributed by atoms with Crippen LogP contribution in [0, 0.1) is 12.3 Å². The summed E-state index contributed by atoms with van der Waals surface area (Å²) in [7, 11) is 0. The molecule has 0 aliphatic heterocycles. The fourth-order valence-electron chi connectivity index (χ4n) is 3.03. The zero-order valence-corrected chi connectivity index (χ0v) is 12.4. The molecule has 1 saturated carbocycles. The maximum atomic E-state index is 4.52. The molecule has 0 radical (unpaired) electrons. The average Bonchev–Trinajstić information content (AvgIpc) is 2.97. The number of pyridine rings is 1. The zero-order chi connectivity index (χ0) is 14.2. The Kier molecular flexibility index (Phi) is 3.24. The Balaban J connectivity index is 1.70. The van der Waals surface area contributed by atoms with Gasteiger partial charge in [0.15, 0.2) is 0 Å². The van der Waals surface area contributed by atoms with Crippen LogP contribution in [0.4, 0.5) is 5.69 Å². The molecular weight excluding hydrogens is 248 g/mol. The van der Waals surface area contributed by atoms with E-state index >= 15 is 0 Å². The fourth-order valence-corrected chi connectivity index (χ4v) is 3.03. The molecule has 1 aliphatic rings. The summed E-state index contributed by atoms with van der Waals surface area (Å²) < 4.78 is 1.99. The van der Waals surface area contributed by atoms with Crippen molar-refractivity contribution in [1.82, 2.24) is 14.5 Å². The Labute approximate surface area is 120 Å². The SMILES string of the molecule is Cc1nccn1-c1ccc(NC2CCC(C)(C)C2)cn1. The molecule has 2 heterocycles. The van der Waals surface area contributed by atoms with Gasteiger partial charge in [-0.15, -0.1) is 0 Å². The van der Waals surface area contributed by atoms with Crippen LogP contribution < -0.4 is 5.32 Å². The minimum Gasteiger partial charge on any atom is -0.381 e. The van der Waals surface area contributed by atoms with Crippen molar-refractivity contribution in [2.24, 2.45) is 5.41 Å². The van der Waals surface area contributed by atoms with Gasteiger partial charge in [0.1, 0.15) is 11.6 Å². The van der Waals surface area contributed by atoms with Gasteiger partial charge in [0.05, 0.1) is 11.9 Å². The third-order valence-corrected chi connectivity index (χ3v) is 4.16. The van der Waals surface area contributed by atoms with Crippen LogP contribution in [-0.2, 0) is 0 Å². The quantitative estimate of drug-likeness (QED) is 0.927. The lowest BCUT2D eigenvalue weighted by Crippen LogP contribution is -2.17. The highest BCUT2D eigenvalue weighted by Crippen LogP contribution is 2.38. The van der Waals surface area contributed by atoms with Crippen molar-refractivity contribution in [2.45, 2.75) is 46.1 Å². The maximum Gasteiger partial charge on any atom is 0.138 e. The molecule has 1 aliphatic carbocycles. The largest absolute Gasteiger partial charge is 0.381 e. The van der Waals surface area contributed by atoms with E-state index in [9.17, 15) is 0 Å². The van der Waals surface area contributed by atoms with Gasteiger partial charge >= 0.3 is 0 Å². The minimum absolute atomic E-state index is 0.471. The Hall–Kier alpha value is -1.84. The predicted octanol–water partition coefficient (Wildman–Crippen LogP) is 3.57. The molecule has 0 bridgehead atoms. The maximum absolute atomic E-state index is 4.52. The van der Waals surface area contributed by atoms with E-state index in [4.69, 9.17) is 0 Å². The first kappa shape index (κ1) is 13.2. The number of aromatic nitrogens is 3. The smallest absolute Gasteiger partial charge is 0.138 e. The number of rotatable bonds is 3. The van der Waals surface area contributed by atoms with E-state index in [-0.39, 0.29) is 0 Å². The first-order chi connectivity index (χ1) is 9.53. The van der Waals surface area contributed by atoms with Gasteiger partial charge in [0.25, 0.3) is 0 Å². The van der Waals surface area contributed by atoms with Gasteiger partial charge in [0.2, 0.25) is 0 Å². The first-order valence-corrected chi connectivity index (χ1v) is 7.26. The van der Waals surface area contributed by atoms with Gasteiger partial charge in [-0.05, 0) is 43.7 Å². The van der Waals surface area contributed by atoms with Crippen molar-refractivity contribution >= 4 is 5.69 Å². The number of hydrogen-bond donors (Lipinski definition) is 1. The average molecular weight is 270 g/mol. The molecule has 20 heavy (non-hydrogen) atoms. The van der Waals surface area contributed by atoms with E-state index in [0.717, 1.165) is 17.3 Å². The highest BCUT2D eigenvalue weighted by atomic mass is 15.1. The molecule has 1 unspecified atom stereocenters. The molecule has 4 heteroatoms. The standard InChI is InChI=1S/C16H22N4/c1-12-17-8-9-20(12)15-5-4-14(11-18-15)19-13-6-7-16(2,3)10-13/h4-5,8-9,11,13,19H,6-7,10H2,1-3H3. The first-order valence-electron chi connectivity index (χ1n) is 7.26. The number of aryl methyl sites for hydroxylation is 1. The molecule has 0 saturated heterocycles. The minimum atomic E-state index is 0.471. The Morgan fingerprint density at radius 2 is 2.15 bits per heavy atom. The Bertz CT molecular complexity index is 583. The Morgan fingerprint density at radius 3 is 2.70 bits per heavy atom. The van der Waals surface area contributed by atoms with Crippen LogP contribution in [0.3, 0.4) is 0 Å². The van der Waals surface area contributed by atoms with Crippen molar-refractivity contribution in [1.29, 1.82) is 0 Å². The molecule has 1 fully saturated rings. The van der Waals surface area contributed by atoms with Gasteiger partial charge < -0.3 is 5.32 Å². The Morgan fingerprint density at radius 1 is 1.30 bits per heavy atom. The van der Waals surface area contributed by atoms with E-state index in [1.165, 1.54) is 19.3 Å². The number of hydrogen-bond acceptors (Lipinski definition) is 3. The van der Waals surface area contributed by atoms with Crippen LogP contribution in [0.2, 0.25) is 0 Å². The second-order valence-corrected chi connectivity index (χ2v) is 6.50. The summed E-state index contributed by atoms with van der Waals surface area (Å²) in [5.74, 6) is 1.87. The molecule has 0 amide bonds. The van der Waals surface area contributed by atoms with Gasteiger partial charge in [-0.2, -0.15) is 0 Å². The van der Waals surface area contributed by atoms with Crippen LogP contribution in [-0.4, -0.2) is 20.6 Å². The van der Waals surface area contributed by atoms with Gasteiger partial charge in [-0.3, -0.25) is 4.57 Å². The second-order valence-electron chi connectivity index (χ2n) is 6.50. The number of nitrogens with zero attached hydrogens (tertiary/aromatic N) is 3. The molecule has 1 N–H and O–H groups in total. The lowest BCUT2D eigenvalue weighted by atomic mass is 9.92. The highest BCUT2D eigenvalue weighted by Gasteiger charge is 2.30. The second kappa shape index (κ2) is 4.93. The van der Waals surface area contributed by atoms with Crippen LogP contribution in [0.25, 0.3) is 5.82 Å². The summed E-state index contributed by atoms with van der Waals surface area (Å²) in [5, 5.41) is 3.60. The van der Waals surface area contributed by atoms with E-state index < -0.39 is 0 Å². The van der Waals surface area contributed by atoms with E-state index in [1.807, 2.05) is 30.0 Å². The molecule has 1 atom stereocenters. The van der Waals surface area contributed by atoms with Crippen LogP contribution in [0.1, 0.15) is 38.9 Å². The van der Waals surface area contributed by atoms with Crippen molar-refractivity contribution in [3.63, 3.8) is 0 Å². The molecular formula is C16H22N4. The summed E-state index contributed by atoms with van der Waals surface area (Å²) >= 11 is 0. The molecule has 2 aromatic rings. The van der Waals surface area contributed by atoms with Crippen LogP contribution in [0.5, 0.6) is 0 Å². The molecule has 0 spiro atoms. The summed E-state index contributed by atoms with van der Waals surface area (Å²) in [6.07, 6.45) is 9.42. The predicted molar refractivity (Wildman–Crippen MR) is 81.1 cm³/mol. The molecule has 4 nitrogen and oxygen atoms in total. The molecule has 3 rings (SSSR count). The lowest BCUT2D eigenvalue weighted by molar-refractivity contribution is 0.378. The summed E-state index contributed by atoms with van der Waals surface area (Å²) in [5.41, 5.74) is 1.58. The van der Waals surface area contributed by atoms with Crippen molar-refractivity contribution in [3.8, 4) is 5.82 Å². The highest BCUT2D eigenvalue weighted by molar-refractivity contribution is 5.45. The normalized spacial score (nSPS) is 21.1. The zero-order valence-electron chi connectivity index (χ0n) is 12.4. The number of nitrogens with one attached hydrogen (secondary N) is 1.